The van der Waals surface area contributed by atoms with Crippen molar-refractivity contribution in [2.75, 3.05) is 42.6 Å². The molecule has 2 saturated heterocycles. The summed E-state index contributed by atoms with van der Waals surface area (Å²) in [5.41, 5.74) is -1.20. The van der Waals surface area contributed by atoms with Crippen molar-refractivity contribution in [2.24, 2.45) is 0 Å². The van der Waals surface area contributed by atoms with Crippen LogP contribution < -0.4 is 14.5 Å². The van der Waals surface area contributed by atoms with Crippen molar-refractivity contribution in [2.45, 2.75) is 25.6 Å². The summed E-state index contributed by atoms with van der Waals surface area (Å²) in [6, 6.07) is 8.50. The van der Waals surface area contributed by atoms with Crippen molar-refractivity contribution in [3.63, 3.8) is 0 Å². The van der Waals surface area contributed by atoms with Gasteiger partial charge in [0.05, 0.1) is 35.2 Å². The van der Waals surface area contributed by atoms with Gasteiger partial charge in [-0.3, -0.25) is 24.6 Å². The van der Waals surface area contributed by atoms with Gasteiger partial charge in [0.1, 0.15) is 11.4 Å². The number of carbonyl (C=O) groups excluding carboxylic acids is 2. The van der Waals surface area contributed by atoms with Gasteiger partial charge in [-0.15, -0.1) is 0 Å². The Labute approximate surface area is 198 Å². The molecule has 12 heteroatoms. The fraction of sp³-hybridized carbons (Fsp3) is 0.391. The molecule has 4 rings (SSSR count). The summed E-state index contributed by atoms with van der Waals surface area (Å²) in [5, 5.41) is 11.4. The lowest BCUT2D eigenvalue weighted by atomic mass is 10.1. The van der Waals surface area contributed by atoms with Crippen LogP contribution in [-0.2, 0) is 15.8 Å². The van der Waals surface area contributed by atoms with Gasteiger partial charge in [0.15, 0.2) is 0 Å². The standard InChI is InChI=1S/C23H23F3N4O5/c1-2-35-17-5-3-4-16(13-17)29-21(31)14-20(22(29)32)28-10-8-27(9-11-28)18-7-6-15(23(24,25)26)12-19(18)30(33)34/h3-7,12-13,20H,2,8-11,14H2,1H3. The lowest BCUT2D eigenvalue weighted by Crippen LogP contribution is -2.52. The van der Waals surface area contributed by atoms with Crippen LogP contribution in [0.2, 0.25) is 0 Å². The Morgan fingerprint density at radius 1 is 1.09 bits per heavy atom. The number of ether oxygens (including phenoxy) is 1. The predicted molar refractivity (Wildman–Crippen MR) is 120 cm³/mol. The molecule has 35 heavy (non-hydrogen) atoms. The predicted octanol–water partition coefficient (Wildman–Crippen LogP) is 3.47. The van der Waals surface area contributed by atoms with E-state index in [-0.39, 0.29) is 37.0 Å². The van der Waals surface area contributed by atoms with Gasteiger partial charge in [0.2, 0.25) is 5.91 Å². The van der Waals surface area contributed by atoms with E-state index in [2.05, 4.69) is 0 Å². The first kappa shape index (κ1) is 24.5. The molecule has 2 aliphatic heterocycles. The summed E-state index contributed by atoms with van der Waals surface area (Å²) in [6.07, 6.45) is -4.69. The largest absolute Gasteiger partial charge is 0.494 e. The lowest BCUT2D eigenvalue weighted by molar-refractivity contribution is -0.384. The van der Waals surface area contributed by atoms with E-state index in [0.29, 0.717) is 37.2 Å². The Morgan fingerprint density at radius 3 is 2.43 bits per heavy atom. The maximum absolute atomic E-state index is 13.1. The molecule has 0 spiro atoms. The molecule has 2 aromatic carbocycles. The highest BCUT2D eigenvalue weighted by atomic mass is 19.4. The number of hydrogen-bond donors (Lipinski definition) is 0. The molecule has 1 atom stereocenters. The number of amides is 2. The summed E-state index contributed by atoms with van der Waals surface area (Å²) in [7, 11) is 0. The average molecular weight is 492 g/mol. The van der Waals surface area contributed by atoms with Crippen LogP contribution in [0.25, 0.3) is 0 Å². The summed E-state index contributed by atoms with van der Waals surface area (Å²) in [6.45, 7) is 3.40. The number of benzene rings is 2. The Hall–Kier alpha value is -3.67. The first-order valence-electron chi connectivity index (χ1n) is 11.0. The van der Waals surface area contributed by atoms with E-state index in [1.54, 1.807) is 29.2 Å². The van der Waals surface area contributed by atoms with E-state index in [1.165, 1.54) is 0 Å². The molecule has 0 radical (unpaired) electrons. The van der Waals surface area contributed by atoms with Crippen LogP contribution in [0.1, 0.15) is 18.9 Å². The normalized spacial score (nSPS) is 19.4. The summed E-state index contributed by atoms with van der Waals surface area (Å²) < 4.78 is 44.4. The lowest BCUT2D eigenvalue weighted by Gasteiger charge is -2.37. The summed E-state index contributed by atoms with van der Waals surface area (Å²) in [5.74, 6) is -0.159. The molecule has 2 amide bonds. The third-order valence-corrected chi connectivity index (χ3v) is 6.10. The number of piperazine rings is 1. The second-order valence-corrected chi connectivity index (χ2v) is 8.20. The molecular formula is C23H23F3N4O5. The summed E-state index contributed by atoms with van der Waals surface area (Å²) in [4.78, 5) is 41.0. The van der Waals surface area contributed by atoms with E-state index in [1.807, 2.05) is 11.8 Å². The van der Waals surface area contributed by atoms with E-state index in [0.717, 1.165) is 17.0 Å². The molecule has 0 aromatic heterocycles. The Kier molecular flexibility index (Phi) is 6.66. The zero-order valence-corrected chi connectivity index (χ0v) is 18.8. The van der Waals surface area contributed by atoms with Crippen molar-refractivity contribution in [1.82, 2.24) is 4.90 Å². The third-order valence-electron chi connectivity index (χ3n) is 6.10. The highest BCUT2D eigenvalue weighted by molar-refractivity contribution is 6.22. The highest BCUT2D eigenvalue weighted by Gasteiger charge is 2.44. The zero-order valence-electron chi connectivity index (χ0n) is 18.8. The Morgan fingerprint density at radius 2 is 1.80 bits per heavy atom. The van der Waals surface area contributed by atoms with Gasteiger partial charge in [0, 0.05) is 38.3 Å². The summed E-state index contributed by atoms with van der Waals surface area (Å²) >= 11 is 0. The van der Waals surface area contributed by atoms with Crippen LogP contribution in [0.15, 0.2) is 42.5 Å². The van der Waals surface area contributed by atoms with Crippen molar-refractivity contribution in [3.05, 3.63) is 58.1 Å². The quantitative estimate of drug-likeness (QED) is 0.346. The molecule has 0 saturated carbocycles. The molecule has 2 aliphatic rings. The van der Waals surface area contributed by atoms with Crippen LogP contribution >= 0.6 is 0 Å². The number of alkyl halides is 3. The zero-order chi connectivity index (χ0) is 25.3. The number of nitro benzene ring substituents is 1. The fourth-order valence-corrected chi connectivity index (χ4v) is 4.44. The maximum atomic E-state index is 13.1. The van der Waals surface area contributed by atoms with Crippen LogP contribution in [0.5, 0.6) is 5.75 Å². The van der Waals surface area contributed by atoms with E-state index in [4.69, 9.17) is 4.74 Å². The van der Waals surface area contributed by atoms with Crippen molar-refractivity contribution < 1.29 is 32.4 Å². The minimum Gasteiger partial charge on any atom is -0.494 e. The van der Waals surface area contributed by atoms with Gasteiger partial charge >= 0.3 is 6.18 Å². The van der Waals surface area contributed by atoms with Crippen molar-refractivity contribution >= 4 is 28.9 Å². The molecule has 0 bridgehead atoms. The molecule has 0 aliphatic carbocycles. The molecule has 2 heterocycles. The van der Waals surface area contributed by atoms with Crippen molar-refractivity contribution in [3.8, 4) is 5.75 Å². The van der Waals surface area contributed by atoms with Crippen LogP contribution in [0.4, 0.5) is 30.2 Å². The second kappa shape index (κ2) is 9.53. The molecule has 9 nitrogen and oxygen atoms in total. The van der Waals surface area contributed by atoms with Crippen LogP contribution in [-0.4, -0.2) is 60.5 Å². The van der Waals surface area contributed by atoms with E-state index < -0.39 is 28.4 Å². The fourth-order valence-electron chi connectivity index (χ4n) is 4.44. The molecular weight excluding hydrogens is 469 g/mol. The monoisotopic (exact) mass is 492 g/mol. The molecule has 1 unspecified atom stereocenters. The van der Waals surface area contributed by atoms with Gasteiger partial charge in [-0.25, -0.2) is 4.90 Å². The third kappa shape index (κ3) is 4.92. The highest BCUT2D eigenvalue weighted by Crippen LogP contribution is 2.37. The molecule has 2 aromatic rings. The molecule has 186 valence electrons. The number of imide groups is 1. The number of anilines is 2. The SMILES string of the molecule is CCOc1cccc(N2C(=O)CC(N3CCN(c4ccc(C(F)(F)F)cc4[N+](=O)[O-])CC3)C2=O)c1. The van der Waals surface area contributed by atoms with Gasteiger partial charge in [-0.05, 0) is 31.2 Å². The van der Waals surface area contributed by atoms with Crippen LogP contribution in [0, 0.1) is 10.1 Å². The average Bonchev–Trinajstić information content (AvgIpc) is 3.12. The molecule has 2 fully saturated rings. The van der Waals surface area contributed by atoms with Gasteiger partial charge in [0.25, 0.3) is 11.6 Å². The minimum atomic E-state index is -4.69. The number of nitrogens with zero attached hydrogens (tertiary/aromatic N) is 4. The maximum Gasteiger partial charge on any atom is 0.416 e. The number of nitro groups is 1. The Bertz CT molecular complexity index is 1150. The first-order valence-corrected chi connectivity index (χ1v) is 11.0. The van der Waals surface area contributed by atoms with E-state index >= 15 is 0 Å². The first-order chi connectivity index (χ1) is 16.6. The van der Waals surface area contributed by atoms with Gasteiger partial charge in [-0.2, -0.15) is 13.2 Å². The second-order valence-electron chi connectivity index (χ2n) is 8.20. The van der Waals surface area contributed by atoms with Crippen LogP contribution in [0.3, 0.4) is 0 Å². The number of halogens is 3. The van der Waals surface area contributed by atoms with Gasteiger partial charge < -0.3 is 9.64 Å². The number of carbonyl (C=O) groups is 2. The number of hydrogen-bond acceptors (Lipinski definition) is 7. The number of rotatable bonds is 6. The Balaban J connectivity index is 1.47. The smallest absolute Gasteiger partial charge is 0.416 e. The molecule has 0 N–H and O–H groups in total. The topological polar surface area (TPSA) is 96.2 Å². The van der Waals surface area contributed by atoms with Gasteiger partial charge in [-0.1, -0.05) is 6.07 Å². The minimum absolute atomic E-state index is 0.00186. The van der Waals surface area contributed by atoms with E-state index in [9.17, 15) is 32.9 Å². The van der Waals surface area contributed by atoms with Crippen molar-refractivity contribution in [1.29, 1.82) is 0 Å².